The molecule has 1 aromatic rings. The number of hydrogen-bond acceptors (Lipinski definition) is 5. The molecule has 20 heavy (non-hydrogen) atoms. The third kappa shape index (κ3) is 3.73. The van der Waals surface area contributed by atoms with Crippen molar-refractivity contribution >= 4 is 17.4 Å². The van der Waals surface area contributed by atoms with E-state index in [0.29, 0.717) is 24.2 Å². The van der Waals surface area contributed by atoms with Crippen LogP contribution in [0.1, 0.15) is 26.6 Å². The van der Waals surface area contributed by atoms with E-state index < -0.39 is 0 Å². The lowest BCUT2D eigenvalue weighted by Gasteiger charge is -2.42. The fourth-order valence-electron chi connectivity index (χ4n) is 2.46. The molecular weight excluding hydrogens is 278 g/mol. The monoisotopic (exact) mass is 299 g/mol. The summed E-state index contributed by atoms with van der Waals surface area (Å²) in [4.78, 5) is 11.0. The highest BCUT2D eigenvalue weighted by Gasteiger charge is 2.33. The van der Waals surface area contributed by atoms with Crippen LogP contribution in [0.2, 0.25) is 0 Å². The van der Waals surface area contributed by atoms with Crippen molar-refractivity contribution in [3.05, 3.63) is 11.9 Å². The molecule has 1 atom stereocenters. The number of rotatable bonds is 4. The summed E-state index contributed by atoms with van der Waals surface area (Å²) in [6, 6.07) is 1.88. The molecule has 2 rings (SSSR count). The van der Waals surface area contributed by atoms with E-state index in [2.05, 4.69) is 28.7 Å². The lowest BCUT2D eigenvalue weighted by atomic mass is 10.1. The minimum Gasteiger partial charge on any atom is -0.478 e. The minimum absolute atomic E-state index is 0.00577. The molecule has 0 N–H and O–H groups in total. The second kappa shape index (κ2) is 6.14. The number of aromatic nitrogens is 2. The Kier molecular flexibility index (Phi) is 4.70. The molecule has 2 heterocycles. The van der Waals surface area contributed by atoms with Crippen LogP contribution in [0, 0.1) is 6.92 Å². The molecule has 1 saturated heterocycles. The van der Waals surface area contributed by atoms with Gasteiger partial charge in [0.05, 0.1) is 24.2 Å². The van der Waals surface area contributed by atoms with Crippen molar-refractivity contribution in [2.45, 2.75) is 39.4 Å². The van der Waals surface area contributed by atoms with Crippen LogP contribution in [-0.4, -0.2) is 47.2 Å². The van der Waals surface area contributed by atoms with Crippen molar-refractivity contribution < 1.29 is 9.47 Å². The number of halogens is 1. The third-order valence-corrected chi connectivity index (χ3v) is 3.41. The van der Waals surface area contributed by atoms with E-state index in [1.807, 2.05) is 19.9 Å². The predicted molar refractivity (Wildman–Crippen MR) is 79.8 cm³/mol. The molecule has 0 spiro atoms. The molecular formula is C14H22ClN3O2. The maximum absolute atomic E-state index is 5.96. The van der Waals surface area contributed by atoms with Gasteiger partial charge in [-0.05, 0) is 27.7 Å². The first-order chi connectivity index (χ1) is 9.43. The number of morpholine rings is 1. The molecule has 0 bridgehead atoms. The standard InChI is InChI=1S/C14H22ClN3O2/c1-5-19-13-6-12(16-10(2)17-13)18-8-11(7-15)20-14(3,4)9-18/h6,11H,5,7-9H2,1-4H3. The zero-order valence-corrected chi connectivity index (χ0v) is 13.3. The normalized spacial score (nSPS) is 21.9. The van der Waals surface area contributed by atoms with Gasteiger partial charge in [0.1, 0.15) is 11.6 Å². The van der Waals surface area contributed by atoms with Gasteiger partial charge in [-0.15, -0.1) is 11.6 Å². The summed E-state index contributed by atoms with van der Waals surface area (Å²) in [7, 11) is 0. The molecule has 1 fully saturated rings. The smallest absolute Gasteiger partial charge is 0.218 e. The fourth-order valence-corrected chi connectivity index (χ4v) is 2.62. The maximum atomic E-state index is 5.96. The number of hydrogen-bond donors (Lipinski definition) is 0. The first-order valence-corrected chi connectivity index (χ1v) is 7.44. The van der Waals surface area contributed by atoms with E-state index in [1.54, 1.807) is 0 Å². The van der Waals surface area contributed by atoms with Crippen LogP contribution in [-0.2, 0) is 4.74 Å². The largest absolute Gasteiger partial charge is 0.478 e. The summed E-state index contributed by atoms with van der Waals surface area (Å²) in [6.45, 7) is 10.0. The molecule has 0 radical (unpaired) electrons. The van der Waals surface area contributed by atoms with Crippen molar-refractivity contribution in [1.29, 1.82) is 0 Å². The molecule has 1 aliphatic rings. The van der Waals surface area contributed by atoms with Crippen molar-refractivity contribution in [2.75, 3.05) is 30.5 Å². The summed E-state index contributed by atoms with van der Waals surface area (Å²) in [5, 5.41) is 0. The zero-order valence-electron chi connectivity index (χ0n) is 12.5. The Morgan fingerprint density at radius 2 is 2.25 bits per heavy atom. The van der Waals surface area contributed by atoms with Crippen molar-refractivity contribution in [2.24, 2.45) is 0 Å². The van der Waals surface area contributed by atoms with Gasteiger partial charge in [-0.1, -0.05) is 0 Å². The highest BCUT2D eigenvalue weighted by molar-refractivity contribution is 6.18. The predicted octanol–water partition coefficient (Wildman–Crippen LogP) is 2.41. The van der Waals surface area contributed by atoms with Gasteiger partial charge in [0.25, 0.3) is 0 Å². The number of aryl methyl sites for hydroxylation is 1. The van der Waals surface area contributed by atoms with Gasteiger partial charge < -0.3 is 14.4 Å². The summed E-state index contributed by atoms with van der Waals surface area (Å²) in [6.07, 6.45) is 0.00577. The minimum atomic E-state index is -0.248. The molecule has 1 unspecified atom stereocenters. The van der Waals surface area contributed by atoms with Crippen LogP contribution in [0.25, 0.3) is 0 Å². The van der Waals surface area contributed by atoms with Crippen LogP contribution in [0.4, 0.5) is 5.82 Å². The van der Waals surface area contributed by atoms with Crippen LogP contribution >= 0.6 is 11.6 Å². The van der Waals surface area contributed by atoms with Gasteiger partial charge in [-0.2, -0.15) is 4.98 Å². The van der Waals surface area contributed by atoms with Gasteiger partial charge in [-0.3, -0.25) is 0 Å². The van der Waals surface area contributed by atoms with Crippen molar-refractivity contribution in [3.8, 4) is 5.88 Å². The molecule has 6 heteroatoms. The molecule has 0 aliphatic carbocycles. The Morgan fingerprint density at radius 1 is 1.50 bits per heavy atom. The molecule has 5 nitrogen and oxygen atoms in total. The Hall–Kier alpha value is -1.07. The average Bonchev–Trinajstić information content (AvgIpc) is 2.36. The van der Waals surface area contributed by atoms with E-state index in [9.17, 15) is 0 Å². The van der Waals surface area contributed by atoms with E-state index in [-0.39, 0.29) is 11.7 Å². The van der Waals surface area contributed by atoms with Crippen molar-refractivity contribution in [1.82, 2.24) is 9.97 Å². The molecule has 112 valence electrons. The van der Waals surface area contributed by atoms with Crippen LogP contribution in [0.5, 0.6) is 5.88 Å². The topological polar surface area (TPSA) is 47.5 Å². The fraction of sp³-hybridized carbons (Fsp3) is 0.714. The van der Waals surface area contributed by atoms with E-state index in [1.165, 1.54) is 0 Å². The zero-order chi connectivity index (χ0) is 14.8. The Balaban J connectivity index is 2.25. The number of alkyl halides is 1. The first-order valence-electron chi connectivity index (χ1n) is 6.90. The van der Waals surface area contributed by atoms with E-state index in [0.717, 1.165) is 18.9 Å². The highest BCUT2D eigenvalue weighted by Crippen LogP contribution is 2.27. The number of anilines is 1. The molecule has 1 aromatic heterocycles. The summed E-state index contributed by atoms with van der Waals surface area (Å²) in [5.41, 5.74) is -0.248. The number of nitrogens with zero attached hydrogens (tertiary/aromatic N) is 3. The SMILES string of the molecule is CCOc1cc(N2CC(CCl)OC(C)(C)C2)nc(C)n1. The second-order valence-electron chi connectivity index (χ2n) is 5.58. The second-order valence-corrected chi connectivity index (χ2v) is 5.89. The Bertz CT molecular complexity index is 468. The van der Waals surface area contributed by atoms with Gasteiger partial charge >= 0.3 is 0 Å². The molecule has 0 saturated carbocycles. The molecule has 1 aliphatic heterocycles. The third-order valence-electron chi connectivity index (χ3n) is 3.07. The maximum Gasteiger partial charge on any atom is 0.218 e. The number of ether oxygens (including phenoxy) is 2. The van der Waals surface area contributed by atoms with E-state index in [4.69, 9.17) is 21.1 Å². The summed E-state index contributed by atoms with van der Waals surface area (Å²) >= 11 is 5.96. The van der Waals surface area contributed by atoms with Gasteiger partial charge in [0.15, 0.2) is 0 Å². The first kappa shape index (κ1) is 15.3. The summed E-state index contributed by atoms with van der Waals surface area (Å²) in [5.74, 6) is 2.66. The van der Waals surface area contributed by atoms with Crippen LogP contribution in [0.15, 0.2) is 6.07 Å². The van der Waals surface area contributed by atoms with Crippen LogP contribution < -0.4 is 9.64 Å². The van der Waals surface area contributed by atoms with E-state index >= 15 is 0 Å². The van der Waals surface area contributed by atoms with Gasteiger partial charge in [-0.25, -0.2) is 4.98 Å². The lowest BCUT2D eigenvalue weighted by molar-refractivity contribution is -0.0736. The van der Waals surface area contributed by atoms with Gasteiger partial charge in [0.2, 0.25) is 5.88 Å². The van der Waals surface area contributed by atoms with Crippen LogP contribution in [0.3, 0.4) is 0 Å². The quantitative estimate of drug-likeness (QED) is 0.799. The lowest BCUT2D eigenvalue weighted by Crippen LogP contribution is -2.53. The highest BCUT2D eigenvalue weighted by atomic mass is 35.5. The molecule has 0 aromatic carbocycles. The average molecular weight is 300 g/mol. The summed E-state index contributed by atoms with van der Waals surface area (Å²) < 4.78 is 11.4. The van der Waals surface area contributed by atoms with Crippen molar-refractivity contribution in [3.63, 3.8) is 0 Å². The molecule has 0 amide bonds. The Morgan fingerprint density at radius 3 is 2.90 bits per heavy atom. The Labute approximate surface area is 125 Å². The van der Waals surface area contributed by atoms with Gasteiger partial charge in [0, 0.05) is 19.2 Å².